The van der Waals surface area contributed by atoms with E-state index in [9.17, 15) is 0 Å². The molecule has 0 spiro atoms. The number of hydrogen-bond donors (Lipinski definition) is 0. The summed E-state index contributed by atoms with van der Waals surface area (Å²) in [6.45, 7) is 8.45. The highest BCUT2D eigenvalue weighted by Crippen LogP contribution is 2.36. The Morgan fingerprint density at radius 2 is 1.90 bits per heavy atom. The summed E-state index contributed by atoms with van der Waals surface area (Å²) < 4.78 is 0. The van der Waals surface area contributed by atoms with Crippen LogP contribution in [0.15, 0.2) is 24.3 Å². The summed E-state index contributed by atoms with van der Waals surface area (Å²) >= 11 is 0. The Morgan fingerprint density at radius 1 is 1.14 bits per heavy atom. The fraction of sp³-hybridized carbons (Fsp3) is 0.667. The van der Waals surface area contributed by atoms with Crippen LogP contribution in [0.4, 0.5) is 11.4 Å². The number of benzene rings is 1. The molecule has 2 unspecified atom stereocenters. The Bertz CT molecular complexity index is 483. The lowest BCUT2D eigenvalue weighted by atomic mass is 9.96. The number of piperazine rings is 1. The van der Waals surface area contributed by atoms with E-state index in [1.807, 2.05) is 0 Å². The van der Waals surface area contributed by atoms with Crippen LogP contribution in [0.1, 0.15) is 26.7 Å². The first kappa shape index (κ1) is 14.7. The molecule has 1 aromatic carbocycles. The molecule has 2 aliphatic rings. The number of fused-ring (bicyclic) bond motifs is 1. The molecule has 21 heavy (non-hydrogen) atoms. The number of hydrogen-bond acceptors (Lipinski definition) is 3. The van der Waals surface area contributed by atoms with Gasteiger partial charge in [-0.25, -0.2) is 0 Å². The highest BCUT2D eigenvalue weighted by atomic mass is 15.3. The van der Waals surface area contributed by atoms with Gasteiger partial charge in [-0.3, -0.25) is 4.90 Å². The summed E-state index contributed by atoms with van der Waals surface area (Å²) in [7, 11) is 4.30. The van der Waals surface area contributed by atoms with Crippen LogP contribution in [0.3, 0.4) is 0 Å². The average Bonchev–Trinajstić information content (AvgIpc) is 2.93. The van der Waals surface area contributed by atoms with Gasteiger partial charge in [-0.2, -0.15) is 0 Å². The Labute approximate surface area is 129 Å². The molecule has 3 rings (SSSR count). The van der Waals surface area contributed by atoms with Crippen molar-refractivity contribution in [1.29, 1.82) is 0 Å². The van der Waals surface area contributed by atoms with E-state index in [2.05, 4.69) is 66.9 Å². The van der Waals surface area contributed by atoms with E-state index in [1.165, 1.54) is 43.9 Å². The third-order valence-corrected chi connectivity index (χ3v) is 5.17. The SMILES string of the molecule is CC(C)C1CN2CCCC2CN1c1ccccc1N(C)C. The second-order valence-corrected chi connectivity index (χ2v) is 7.14. The van der Waals surface area contributed by atoms with E-state index < -0.39 is 0 Å². The second-order valence-electron chi connectivity index (χ2n) is 7.14. The van der Waals surface area contributed by atoms with Gasteiger partial charge in [-0.05, 0) is 37.4 Å². The van der Waals surface area contributed by atoms with Gasteiger partial charge in [0.2, 0.25) is 0 Å². The minimum atomic E-state index is 0.625. The molecule has 0 radical (unpaired) electrons. The zero-order chi connectivity index (χ0) is 15.0. The monoisotopic (exact) mass is 287 g/mol. The zero-order valence-electron chi connectivity index (χ0n) is 13.9. The first-order valence-corrected chi connectivity index (χ1v) is 8.35. The lowest BCUT2D eigenvalue weighted by Crippen LogP contribution is -2.58. The van der Waals surface area contributed by atoms with Gasteiger partial charge >= 0.3 is 0 Å². The van der Waals surface area contributed by atoms with E-state index in [0.29, 0.717) is 12.0 Å². The van der Waals surface area contributed by atoms with Crippen molar-refractivity contribution >= 4 is 11.4 Å². The molecule has 3 heteroatoms. The quantitative estimate of drug-likeness (QED) is 0.846. The van der Waals surface area contributed by atoms with Crippen molar-refractivity contribution in [3.8, 4) is 0 Å². The summed E-state index contributed by atoms with van der Waals surface area (Å²) in [5, 5.41) is 0. The van der Waals surface area contributed by atoms with Crippen molar-refractivity contribution in [2.45, 2.75) is 38.8 Å². The van der Waals surface area contributed by atoms with Crippen LogP contribution in [0.25, 0.3) is 0 Å². The minimum absolute atomic E-state index is 0.625. The maximum atomic E-state index is 2.72. The Kier molecular flexibility index (Phi) is 4.12. The molecule has 0 aliphatic carbocycles. The molecule has 0 N–H and O–H groups in total. The second kappa shape index (κ2) is 5.88. The van der Waals surface area contributed by atoms with Crippen molar-refractivity contribution < 1.29 is 0 Å². The van der Waals surface area contributed by atoms with Gasteiger partial charge < -0.3 is 9.80 Å². The molecule has 2 heterocycles. The van der Waals surface area contributed by atoms with Crippen LogP contribution in [-0.2, 0) is 0 Å². The van der Waals surface area contributed by atoms with Gasteiger partial charge in [0, 0.05) is 39.3 Å². The van der Waals surface area contributed by atoms with Gasteiger partial charge in [0.05, 0.1) is 11.4 Å². The normalized spacial score (nSPS) is 26.2. The number of nitrogens with zero attached hydrogens (tertiary/aromatic N) is 3. The lowest BCUT2D eigenvalue weighted by molar-refractivity contribution is 0.176. The Morgan fingerprint density at radius 3 is 2.62 bits per heavy atom. The third-order valence-electron chi connectivity index (χ3n) is 5.17. The summed E-state index contributed by atoms with van der Waals surface area (Å²) in [6.07, 6.45) is 2.74. The smallest absolute Gasteiger partial charge is 0.0607 e. The lowest BCUT2D eigenvalue weighted by Gasteiger charge is -2.47. The van der Waals surface area contributed by atoms with Crippen molar-refractivity contribution in [3.63, 3.8) is 0 Å². The van der Waals surface area contributed by atoms with Crippen LogP contribution in [0, 0.1) is 5.92 Å². The van der Waals surface area contributed by atoms with E-state index in [4.69, 9.17) is 0 Å². The summed E-state index contributed by atoms with van der Waals surface area (Å²) in [6, 6.07) is 10.3. The molecule has 1 aromatic rings. The Hall–Kier alpha value is -1.22. The average molecular weight is 287 g/mol. The summed E-state index contributed by atoms with van der Waals surface area (Å²) in [5.41, 5.74) is 2.75. The molecular weight excluding hydrogens is 258 g/mol. The maximum absolute atomic E-state index is 2.72. The molecule has 0 saturated carbocycles. The molecule has 0 amide bonds. The summed E-state index contributed by atoms with van der Waals surface area (Å²) in [4.78, 5) is 7.65. The molecular formula is C18H29N3. The molecule has 2 atom stereocenters. The molecule has 0 bridgehead atoms. The number of rotatable bonds is 3. The van der Waals surface area contributed by atoms with E-state index >= 15 is 0 Å². The van der Waals surface area contributed by atoms with Crippen LogP contribution in [0.5, 0.6) is 0 Å². The Balaban J connectivity index is 1.94. The van der Waals surface area contributed by atoms with Crippen molar-refractivity contribution in [2.75, 3.05) is 43.5 Å². The highest BCUT2D eigenvalue weighted by molar-refractivity contribution is 5.71. The van der Waals surface area contributed by atoms with Gasteiger partial charge in [0.1, 0.15) is 0 Å². The van der Waals surface area contributed by atoms with Crippen molar-refractivity contribution in [1.82, 2.24) is 4.90 Å². The fourth-order valence-electron chi connectivity index (χ4n) is 3.98. The van der Waals surface area contributed by atoms with Crippen molar-refractivity contribution in [2.24, 2.45) is 5.92 Å². The number of anilines is 2. The van der Waals surface area contributed by atoms with E-state index in [0.717, 1.165) is 6.04 Å². The maximum Gasteiger partial charge on any atom is 0.0607 e. The van der Waals surface area contributed by atoms with Gasteiger partial charge in [-0.1, -0.05) is 26.0 Å². The molecule has 2 aliphatic heterocycles. The minimum Gasteiger partial charge on any atom is -0.376 e. The number of para-hydroxylation sites is 2. The highest BCUT2D eigenvalue weighted by Gasteiger charge is 2.38. The fourth-order valence-corrected chi connectivity index (χ4v) is 3.98. The standard InChI is InChI=1S/C18H29N3/c1-14(2)18-13-20-11-7-8-15(20)12-21(18)17-10-6-5-9-16(17)19(3)4/h5-6,9-10,14-15,18H,7-8,11-13H2,1-4H3. The van der Waals surface area contributed by atoms with E-state index in [-0.39, 0.29) is 0 Å². The predicted molar refractivity (Wildman–Crippen MR) is 91.3 cm³/mol. The third kappa shape index (κ3) is 2.76. The largest absolute Gasteiger partial charge is 0.376 e. The topological polar surface area (TPSA) is 9.72 Å². The molecule has 2 fully saturated rings. The molecule has 3 nitrogen and oxygen atoms in total. The molecule has 0 aromatic heterocycles. The van der Waals surface area contributed by atoms with E-state index in [1.54, 1.807) is 0 Å². The summed E-state index contributed by atoms with van der Waals surface area (Å²) in [5.74, 6) is 0.682. The van der Waals surface area contributed by atoms with Gasteiger partial charge in [-0.15, -0.1) is 0 Å². The van der Waals surface area contributed by atoms with Crippen LogP contribution in [0.2, 0.25) is 0 Å². The van der Waals surface area contributed by atoms with Gasteiger partial charge in [0.15, 0.2) is 0 Å². The zero-order valence-corrected chi connectivity index (χ0v) is 13.9. The molecule has 116 valence electrons. The van der Waals surface area contributed by atoms with Crippen molar-refractivity contribution in [3.05, 3.63) is 24.3 Å². The van der Waals surface area contributed by atoms with Crippen LogP contribution < -0.4 is 9.80 Å². The molecule has 2 saturated heterocycles. The van der Waals surface area contributed by atoms with Gasteiger partial charge in [0.25, 0.3) is 0 Å². The van der Waals surface area contributed by atoms with Crippen LogP contribution >= 0.6 is 0 Å². The first-order valence-electron chi connectivity index (χ1n) is 8.35. The predicted octanol–water partition coefficient (Wildman–Crippen LogP) is 3.06. The first-order chi connectivity index (χ1) is 10.1. The van der Waals surface area contributed by atoms with Crippen LogP contribution in [-0.4, -0.2) is 50.7 Å².